The Bertz CT molecular complexity index is 1910. The Morgan fingerprint density at radius 1 is 0.284 bits per heavy atom. The monoisotopic (exact) mass is 1080 g/mol. The summed E-state index contributed by atoms with van der Waals surface area (Å²) in [5.74, 6) is -16.6. The van der Waals surface area contributed by atoms with Gasteiger partial charge in [-0.2, -0.15) is 0 Å². The lowest BCUT2D eigenvalue weighted by molar-refractivity contribution is -0.389. The molecule has 3 aliphatic rings. The lowest BCUT2D eigenvalue weighted by Crippen LogP contribution is -2.68. The van der Waals surface area contributed by atoms with Crippen LogP contribution >= 0.6 is 0 Å². The Hall–Kier alpha value is -5.94. The van der Waals surface area contributed by atoms with Crippen molar-refractivity contribution < 1.29 is 175 Å². The van der Waals surface area contributed by atoms with Gasteiger partial charge in [0.15, 0.2) is 18.9 Å². The third-order valence-electron chi connectivity index (χ3n) is 9.69. The van der Waals surface area contributed by atoms with Gasteiger partial charge in [-0.1, -0.05) is 0 Å². The lowest BCUT2D eigenvalue weighted by Gasteiger charge is -2.51. The average molecular weight is 1080 g/mol. The van der Waals surface area contributed by atoms with Gasteiger partial charge in [-0.15, -0.1) is 0 Å². The second kappa shape index (κ2) is 31.1. The van der Waals surface area contributed by atoms with Crippen molar-refractivity contribution in [1.29, 1.82) is 0 Å². The largest absolute Gasteiger partial charge is 0.480 e. The second-order valence-corrected chi connectivity index (χ2v) is 15.3. The van der Waals surface area contributed by atoms with Gasteiger partial charge in [0.05, 0.1) is 19.8 Å². The topological polar surface area (TPSA) is 532 Å². The van der Waals surface area contributed by atoms with Gasteiger partial charge in [0.1, 0.15) is 139 Å². The molecular formula is C38H52O36. The first kappa shape index (κ1) is 62.4. The van der Waals surface area contributed by atoms with E-state index in [0.717, 1.165) is 0 Å². The Morgan fingerprint density at radius 3 is 0.824 bits per heavy atom. The van der Waals surface area contributed by atoms with Crippen molar-refractivity contribution in [3.8, 4) is 0 Å². The smallest absolute Gasteiger partial charge is 0.329 e. The minimum absolute atomic E-state index is 0.891. The predicted octanol–water partition coefficient (Wildman–Crippen LogP) is -6.48. The van der Waals surface area contributed by atoms with E-state index in [0.29, 0.717) is 0 Å². The second-order valence-electron chi connectivity index (χ2n) is 15.3. The molecule has 3 heterocycles. The normalized spacial score (nSPS) is 29.9. The van der Waals surface area contributed by atoms with Crippen LogP contribution in [-0.2, 0) is 119 Å². The molecule has 3 fully saturated rings. The highest BCUT2D eigenvalue weighted by Gasteiger charge is 2.57. The molecule has 3 saturated heterocycles. The van der Waals surface area contributed by atoms with Crippen molar-refractivity contribution >= 4 is 59.7 Å². The number of carboxylic acid groups (broad SMARTS) is 10. The van der Waals surface area contributed by atoms with Gasteiger partial charge in [0, 0.05) is 0 Å². The van der Waals surface area contributed by atoms with Crippen LogP contribution in [0.5, 0.6) is 0 Å². The van der Waals surface area contributed by atoms with Crippen molar-refractivity contribution in [1.82, 2.24) is 0 Å². The van der Waals surface area contributed by atoms with E-state index in [-0.39, 0.29) is 0 Å². The van der Waals surface area contributed by atoms with E-state index in [2.05, 4.69) is 0 Å². The quantitative estimate of drug-likeness (QED) is 0.0276. The first-order valence-corrected chi connectivity index (χ1v) is 21.1. The van der Waals surface area contributed by atoms with Crippen LogP contribution in [0.1, 0.15) is 0 Å². The first-order valence-electron chi connectivity index (χ1n) is 21.1. The zero-order valence-corrected chi connectivity index (χ0v) is 38.0. The number of carboxylic acids is 10. The van der Waals surface area contributed by atoms with E-state index in [1.54, 1.807) is 0 Å². The minimum atomic E-state index is -2.31. The predicted molar refractivity (Wildman–Crippen MR) is 215 cm³/mol. The molecule has 3 rings (SSSR count). The van der Waals surface area contributed by atoms with Gasteiger partial charge in [-0.05, 0) is 0 Å². The van der Waals surface area contributed by atoms with Crippen LogP contribution in [0, 0.1) is 0 Å². The summed E-state index contributed by atoms with van der Waals surface area (Å²) in [5.41, 5.74) is 0. The van der Waals surface area contributed by atoms with E-state index in [4.69, 9.17) is 71.1 Å². The minimum Gasteiger partial charge on any atom is -0.480 e. The number of ether oxygens (including phenoxy) is 15. The fourth-order valence-electron chi connectivity index (χ4n) is 7.17. The number of aliphatic hydroxyl groups excluding tert-OH is 1. The van der Waals surface area contributed by atoms with Crippen LogP contribution in [0.15, 0.2) is 0 Å². The summed E-state index contributed by atoms with van der Waals surface area (Å²) in [7, 11) is 0. The van der Waals surface area contributed by atoms with Gasteiger partial charge in [-0.3, -0.25) is 0 Å². The summed E-state index contributed by atoms with van der Waals surface area (Å²) < 4.78 is 84.0. The highest BCUT2D eigenvalue weighted by Crippen LogP contribution is 2.37. The Balaban J connectivity index is 2.34. The molecule has 0 aliphatic carbocycles. The highest BCUT2D eigenvalue weighted by molar-refractivity contribution is 5.70. The Morgan fingerprint density at radius 2 is 0.514 bits per heavy atom. The molecule has 74 heavy (non-hydrogen) atoms. The van der Waals surface area contributed by atoms with Crippen molar-refractivity contribution in [2.75, 3.05) is 85.9 Å². The fourth-order valence-corrected chi connectivity index (χ4v) is 7.17. The van der Waals surface area contributed by atoms with Gasteiger partial charge in [-0.25, -0.2) is 47.9 Å². The summed E-state index contributed by atoms with van der Waals surface area (Å²) in [6, 6.07) is 0. The summed E-state index contributed by atoms with van der Waals surface area (Å²) in [4.78, 5) is 117. The summed E-state index contributed by atoms with van der Waals surface area (Å²) >= 11 is 0. The fraction of sp³-hybridized carbons (Fsp3) is 0.737. The molecule has 0 amide bonds. The van der Waals surface area contributed by atoms with Gasteiger partial charge < -0.3 is 127 Å². The van der Waals surface area contributed by atoms with Gasteiger partial charge >= 0.3 is 59.7 Å². The highest BCUT2D eigenvalue weighted by atomic mass is 16.8. The van der Waals surface area contributed by atoms with E-state index < -0.39 is 238 Å². The lowest BCUT2D eigenvalue weighted by atomic mass is 9.95. The summed E-state index contributed by atoms with van der Waals surface area (Å²) in [5, 5.41) is 106. The standard InChI is InChI=1S/C38H52O36/c39-17(40)4-60-1-14-27(63-7-20(45)46)30(64-8-21(47)48)34(68-12-25(55)56)37(71-14)74-29-16(3-62-6-19(43)44)72-38(35(69-13-26(57)58)32(29)66-10-23(51)52)73-28-15(2-61-5-18(41)42)70-36(59)33(67-11-24(53)54)31(28)65-9-22(49)50/h14-16,27-38,59H,1-13H2,(H,39,40)(H,41,42)(H,43,44)(H,45,46)(H,47,48)(H,49,50)(H,51,52)(H,53,54)(H,55,56)(H,57,58)/t14-,15-,16-,27-,28-,29-,30+,31+,32+,33-,34-,35-,36+,37-,38-/m1/s1. The molecule has 36 nitrogen and oxygen atoms in total. The maximum atomic E-state index is 12.1. The number of hydrogen-bond donors (Lipinski definition) is 11. The molecule has 0 aromatic carbocycles. The number of aliphatic carboxylic acids is 10. The molecule has 15 atom stereocenters. The number of carbonyl (C=O) groups is 10. The van der Waals surface area contributed by atoms with Crippen molar-refractivity contribution in [2.45, 2.75) is 92.1 Å². The molecule has 0 saturated carbocycles. The van der Waals surface area contributed by atoms with Crippen LogP contribution in [-0.4, -0.2) is 294 Å². The third-order valence-corrected chi connectivity index (χ3v) is 9.69. The molecule has 0 radical (unpaired) electrons. The zero-order valence-electron chi connectivity index (χ0n) is 38.0. The van der Waals surface area contributed by atoms with Gasteiger partial charge in [0.25, 0.3) is 0 Å². The van der Waals surface area contributed by atoms with Crippen LogP contribution in [0.25, 0.3) is 0 Å². The SMILES string of the molecule is O=C(O)COC[C@H]1O[C@H](O)[C@H](OCC(=O)O)[C@@H](OCC(=O)O)[C@@H]1O[C@H]1O[C@H](COCC(=O)O)[C@@H](O[C@H]2O[C@H](COCC(=O)O)[C@@H](OCC(=O)O)[C@H](OCC(=O)O)[C@H]2OCC(=O)O)[C@H](OCC(=O)O)[C@H]1OCC(=O)O. The summed E-state index contributed by atoms with van der Waals surface area (Å²) in [6.07, 6.45) is -31.1. The van der Waals surface area contributed by atoms with Crippen molar-refractivity contribution in [2.24, 2.45) is 0 Å². The van der Waals surface area contributed by atoms with Crippen LogP contribution in [0.4, 0.5) is 0 Å². The molecular weight excluding hydrogens is 1030 g/mol. The van der Waals surface area contributed by atoms with E-state index >= 15 is 0 Å². The molecule has 0 unspecified atom stereocenters. The molecule has 11 N–H and O–H groups in total. The van der Waals surface area contributed by atoms with Gasteiger partial charge in [0.2, 0.25) is 0 Å². The molecule has 0 aromatic heterocycles. The summed E-state index contributed by atoms with van der Waals surface area (Å²) in [6.45, 7) is -15.1. The number of hydrogen-bond acceptors (Lipinski definition) is 26. The van der Waals surface area contributed by atoms with E-state index in [1.165, 1.54) is 0 Å². The maximum absolute atomic E-state index is 12.1. The molecule has 0 aromatic rings. The van der Waals surface area contributed by atoms with Crippen molar-refractivity contribution in [3.63, 3.8) is 0 Å². The van der Waals surface area contributed by atoms with Crippen LogP contribution in [0.2, 0.25) is 0 Å². The Labute approximate surface area is 412 Å². The average Bonchev–Trinajstić information content (AvgIpc) is 3.28. The molecule has 420 valence electrons. The molecule has 0 bridgehead atoms. The van der Waals surface area contributed by atoms with Crippen LogP contribution < -0.4 is 0 Å². The molecule has 36 heteroatoms. The maximum Gasteiger partial charge on any atom is 0.329 e. The zero-order chi connectivity index (χ0) is 55.2. The first-order chi connectivity index (χ1) is 34.9. The van der Waals surface area contributed by atoms with Crippen LogP contribution in [0.3, 0.4) is 0 Å². The molecule has 3 aliphatic heterocycles. The third kappa shape index (κ3) is 21.1. The Kier molecular flexibility index (Phi) is 26.2. The van der Waals surface area contributed by atoms with E-state index in [1.807, 2.05) is 0 Å². The number of rotatable bonds is 37. The van der Waals surface area contributed by atoms with Crippen molar-refractivity contribution in [3.05, 3.63) is 0 Å². The van der Waals surface area contributed by atoms with E-state index in [9.17, 15) is 104 Å². The number of aliphatic hydroxyl groups is 1. The molecule has 0 spiro atoms.